The summed E-state index contributed by atoms with van der Waals surface area (Å²) in [5.74, 6) is 0.667. The van der Waals surface area contributed by atoms with Gasteiger partial charge in [0.1, 0.15) is 0 Å². The first-order valence-corrected chi connectivity index (χ1v) is 9.30. The Balaban J connectivity index is 2.13. The molecule has 0 aliphatic carbocycles. The van der Waals surface area contributed by atoms with Gasteiger partial charge >= 0.3 is 0 Å². The van der Waals surface area contributed by atoms with E-state index in [0.29, 0.717) is 12.5 Å². The van der Waals surface area contributed by atoms with E-state index < -0.39 is 5.54 Å². The maximum atomic E-state index is 5.57. The number of anilines is 1. The predicted octanol–water partition coefficient (Wildman–Crippen LogP) is 6.15. The van der Waals surface area contributed by atoms with Crippen LogP contribution in [0.4, 0.5) is 11.4 Å². The smallest absolute Gasteiger partial charge is 0.185 e. The first-order valence-electron chi connectivity index (χ1n) is 9.30. The first-order chi connectivity index (χ1) is 13.1. The molecule has 3 nitrogen and oxygen atoms in total. The van der Waals surface area contributed by atoms with Crippen LogP contribution in [0.25, 0.3) is 0 Å². The zero-order chi connectivity index (χ0) is 19.1. The highest BCUT2D eigenvalue weighted by atomic mass is 16.5. The number of benzene rings is 3. The number of aliphatic imine (C=N–C) groups is 1. The van der Waals surface area contributed by atoms with Crippen molar-refractivity contribution in [2.24, 2.45) is 4.99 Å². The van der Waals surface area contributed by atoms with Gasteiger partial charge in [-0.05, 0) is 37.6 Å². The summed E-state index contributed by atoms with van der Waals surface area (Å²) in [6.45, 7) is 6.66. The Kier molecular flexibility index (Phi) is 5.92. The van der Waals surface area contributed by atoms with E-state index in [2.05, 4.69) is 60.8 Å². The van der Waals surface area contributed by atoms with Gasteiger partial charge in [-0.15, -0.1) is 0 Å². The zero-order valence-corrected chi connectivity index (χ0v) is 16.1. The van der Waals surface area contributed by atoms with Crippen LogP contribution in [0.3, 0.4) is 0 Å². The van der Waals surface area contributed by atoms with Crippen molar-refractivity contribution in [3.05, 3.63) is 96.1 Å². The average molecular weight is 358 g/mol. The quantitative estimate of drug-likeness (QED) is 0.423. The summed E-state index contributed by atoms with van der Waals surface area (Å²) in [5, 5.41) is 3.72. The zero-order valence-electron chi connectivity index (χ0n) is 16.1. The molecule has 1 N–H and O–H groups in total. The van der Waals surface area contributed by atoms with E-state index >= 15 is 0 Å². The van der Waals surface area contributed by atoms with E-state index in [4.69, 9.17) is 9.73 Å². The van der Waals surface area contributed by atoms with Crippen LogP contribution in [0.5, 0.6) is 0 Å². The van der Waals surface area contributed by atoms with Crippen LogP contribution < -0.4 is 5.32 Å². The van der Waals surface area contributed by atoms with E-state index in [-0.39, 0.29) is 0 Å². The van der Waals surface area contributed by atoms with Gasteiger partial charge < -0.3 is 10.1 Å². The van der Waals surface area contributed by atoms with Crippen LogP contribution >= 0.6 is 0 Å². The molecule has 0 amide bonds. The highest BCUT2D eigenvalue weighted by Crippen LogP contribution is 2.38. The highest BCUT2D eigenvalue weighted by molar-refractivity contribution is 5.78. The Morgan fingerprint density at radius 3 is 2.15 bits per heavy atom. The Hall–Kier alpha value is -3.07. The highest BCUT2D eigenvalue weighted by Gasteiger charge is 2.31. The van der Waals surface area contributed by atoms with Crippen LogP contribution in [0.15, 0.2) is 89.9 Å². The van der Waals surface area contributed by atoms with Crippen molar-refractivity contribution in [3.8, 4) is 0 Å². The predicted molar refractivity (Wildman–Crippen MR) is 114 cm³/mol. The second-order valence-corrected chi connectivity index (χ2v) is 6.56. The molecule has 0 aliphatic heterocycles. The molecule has 1 unspecified atom stereocenters. The fourth-order valence-electron chi connectivity index (χ4n) is 3.28. The second-order valence-electron chi connectivity index (χ2n) is 6.56. The third kappa shape index (κ3) is 4.37. The van der Waals surface area contributed by atoms with E-state index in [9.17, 15) is 0 Å². The molecule has 3 aromatic rings. The molecule has 3 aromatic carbocycles. The summed E-state index contributed by atoms with van der Waals surface area (Å²) in [4.78, 5) is 4.74. The van der Waals surface area contributed by atoms with Gasteiger partial charge in [0, 0.05) is 18.2 Å². The van der Waals surface area contributed by atoms with E-state index in [1.807, 2.05) is 50.2 Å². The molecule has 138 valence electrons. The molecule has 0 bridgehead atoms. The number of para-hydroxylation sites is 2. The number of rotatable bonds is 6. The largest absolute Gasteiger partial charge is 0.481 e. The minimum absolute atomic E-state index is 0.449. The van der Waals surface area contributed by atoms with Crippen LogP contribution in [-0.4, -0.2) is 12.5 Å². The van der Waals surface area contributed by atoms with Crippen LogP contribution in [-0.2, 0) is 10.3 Å². The molecule has 0 aliphatic rings. The van der Waals surface area contributed by atoms with Crippen molar-refractivity contribution in [1.29, 1.82) is 0 Å². The molecule has 0 saturated heterocycles. The van der Waals surface area contributed by atoms with E-state index in [0.717, 1.165) is 16.9 Å². The average Bonchev–Trinajstić information content (AvgIpc) is 2.70. The lowest BCUT2D eigenvalue weighted by Gasteiger charge is -2.34. The number of nitrogens with one attached hydrogen (secondary N) is 1. The Morgan fingerprint density at radius 2 is 1.48 bits per heavy atom. The van der Waals surface area contributed by atoms with Gasteiger partial charge in [-0.25, -0.2) is 4.99 Å². The summed E-state index contributed by atoms with van der Waals surface area (Å²) >= 11 is 0. The summed E-state index contributed by atoms with van der Waals surface area (Å²) in [7, 11) is 0. The molecular weight excluding hydrogens is 332 g/mol. The number of hydrogen-bond acceptors (Lipinski definition) is 3. The first kappa shape index (κ1) is 18.7. The third-order valence-electron chi connectivity index (χ3n) is 4.59. The van der Waals surface area contributed by atoms with Crippen molar-refractivity contribution in [2.75, 3.05) is 11.9 Å². The number of hydrogen-bond donors (Lipinski definition) is 1. The normalized spacial score (nSPS) is 13.7. The Morgan fingerprint density at radius 1 is 0.889 bits per heavy atom. The summed E-state index contributed by atoms with van der Waals surface area (Å²) in [6, 6.07) is 28.9. The lowest BCUT2D eigenvalue weighted by atomic mass is 9.83. The maximum absolute atomic E-state index is 5.57. The summed E-state index contributed by atoms with van der Waals surface area (Å²) in [5.41, 5.74) is 3.78. The fourth-order valence-corrected chi connectivity index (χ4v) is 3.28. The lowest BCUT2D eigenvalue weighted by Crippen LogP contribution is -2.33. The van der Waals surface area contributed by atoms with E-state index in [1.165, 1.54) is 5.56 Å². The Bertz CT molecular complexity index is 891. The Labute approximate surface area is 161 Å². The monoisotopic (exact) mass is 358 g/mol. The number of ether oxygens (including phenoxy) is 1. The number of nitrogens with zero attached hydrogens (tertiary/aromatic N) is 1. The van der Waals surface area contributed by atoms with E-state index in [1.54, 1.807) is 0 Å². The van der Waals surface area contributed by atoms with Crippen molar-refractivity contribution < 1.29 is 4.74 Å². The second kappa shape index (κ2) is 8.54. The van der Waals surface area contributed by atoms with Gasteiger partial charge in [0.05, 0.1) is 17.8 Å². The van der Waals surface area contributed by atoms with Gasteiger partial charge in [0.2, 0.25) is 0 Å². The third-order valence-corrected chi connectivity index (χ3v) is 4.59. The minimum Gasteiger partial charge on any atom is -0.481 e. The molecule has 0 fully saturated rings. The van der Waals surface area contributed by atoms with Gasteiger partial charge in [-0.1, -0.05) is 66.7 Å². The molecular formula is C24H26N2O. The fraction of sp³-hybridized carbons (Fsp3) is 0.208. The van der Waals surface area contributed by atoms with Crippen molar-refractivity contribution >= 4 is 17.3 Å². The summed E-state index contributed by atoms with van der Waals surface area (Å²) in [6.07, 6.45) is 0. The lowest BCUT2D eigenvalue weighted by molar-refractivity contribution is 0.325. The van der Waals surface area contributed by atoms with Crippen LogP contribution in [0.1, 0.15) is 31.9 Å². The van der Waals surface area contributed by atoms with Crippen molar-refractivity contribution in [3.63, 3.8) is 0 Å². The minimum atomic E-state index is -0.449. The van der Waals surface area contributed by atoms with Crippen molar-refractivity contribution in [2.45, 2.75) is 26.3 Å². The molecule has 0 saturated carbocycles. The van der Waals surface area contributed by atoms with Gasteiger partial charge in [0.15, 0.2) is 5.90 Å². The molecule has 0 aromatic heterocycles. The molecule has 0 radical (unpaired) electrons. The van der Waals surface area contributed by atoms with Crippen molar-refractivity contribution in [1.82, 2.24) is 0 Å². The molecule has 0 spiro atoms. The molecule has 3 rings (SSSR count). The molecule has 0 heterocycles. The van der Waals surface area contributed by atoms with Crippen LogP contribution in [0, 0.1) is 0 Å². The standard InChI is InChI=1S/C24H26N2O/c1-4-27-19(2)25-23-18-12-11-17-22(23)24(3,20-13-7-5-8-14-20)26-21-15-9-6-10-16-21/h5-18,26H,4H2,1-3H3. The van der Waals surface area contributed by atoms with Crippen LogP contribution in [0.2, 0.25) is 0 Å². The molecule has 27 heavy (non-hydrogen) atoms. The van der Waals surface area contributed by atoms with Gasteiger partial charge in [-0.3, -0.25) is 0 Å². The van der Waals surface area contributed by atoms with Gasteiger partial charge in [0.25, 0.3) is 0 Å². The SMILES string of the molecule is CCOC(C)=Nc1ccccc1C(C)(Nc1ccccc1)c1ccccc1. The molecule has 3 heteroatoms. The van der Waals surface area contributed by atoms with Gasteiger partial charge in [-0.2, -0.15) is 0 Å². The molecule has 1 atom stereocenters. The summed E-state index contributed by atoms with van der Waals surface area (Å²) < 4.78 is 5.57. The maximum Gasteiger partial charge on any atom is 0.185 e. The topological polar surface area (TPSA) is 33.6 Å².